The smallest absolute Gasteiger partial charge is 0.255 e. The van der Waals surface area contributed by atoms with E-state index in [-0.39, 0.29) is 17.8 Å². The Balaban J connectivity index is 1.30. The molecule has 186 valence electrons. The highest BCUT2D eigenvalue weighted by molar-refractivity contribution is 7.15. The van der Waals surface area contributed by atoms with Gasteiger partial charge in [0, 0.05) is 21.3 Å². The van der Waals surface area contributed by atoms with Gasteiger partial charge in [0.05, 0.1) is 23.7 Å². The SMILES string of the molecule is CC[C@H](NC(=O)c1cccnc1NCc1ccc(-c2ccc3ncnc(N)c3c2)s1)c1cccc(F)c1. The molecule has 4 N–H and O–H groups in total. The fraction of sp³-hybridized carbons (Fsp3) is 0.143. The van der Waals surface area contributed by atoms with E-state index in [4.69, 9.17) is 5.73 Å². The van der Waals surface area contributed by atoms with Gasteiger partial charge in [-0.05, 0) is 66.1 Å². The zero-order chi connectivity index (χ0) is 25.8. The maximum absolute atomic E-state index is 13.7. The molecular weight excluding hydrogens is 487 g/mol. The summed E-state index contributed by atoms with van der Waals surface area (Å²) in [5.41, 5.74) is 9.02. The van der Waals surface area contributed by atoms with Crippen LogP contribution in [0.4, 0.5) is 16.0 Å². The fourth-order valence-corrected chi connectivity index (χ4v) is 5.08. The lowest BCUT2D eigenvalue weighted by atomic mass is 10.0. The Morgan fingerprint density at radius 2 is 1.95 bits per heavy atom. The molecule has 0 unspecified atom stereocenters. The molecule has 0 saturated carbocycles. The van der Waals surface area contributed by atoms with Crippen molar-refractivity contribution < 1.29 is 9.18 Å². The van der Waals surface area contributed by atoms with Crippen molar-refractivity contribution in [2.24, 2.45) is 0 Å². The van der Waals surface area contributed by atoms with E-state index in [2.05, 4.69) is 31.7 Å². The van der Waals surface area contributed by atoms with Crippen molar-refractivity contribution in [3.05, 3.63) is 101 Å². The standard InChI is InChI=1S/C28H25FN6OS/c1-2-23(17-5-3-6-19(29)13-17)35-28(36)21-7-4-12-31-27(21)32-15-20-9-11-25(37-20)18-8-10-24-22(14-18)26(30)34-16-33-24/h3-14,16,23H,2,15H2,1H3,(H,31,32)(H,35,36)(H2,30,33,34)/t23-/m0/s1. The van der Waals surface area contributed by atoms with Crippen LogP contribution in [0.5, 0.6) is 0 Å². The summed E-state index contributed by atoms with van der Waals surface area (Å²) in [6, 6.07) is 19.5. The molecule has 9 heteroatoms. The van der Waals surface area contributed by atoms with Gasteiger partial charge >= 0.3 is 0 Å². The highest BCUT2D eigenvalue weighted by Crippen LogP contribution is 2.31. The van der Waals surface area contributed by atoms with Crippen molar-refractivity contribution in [3.63, 3.8) is 0 Å². The van der Waals surface area contributed by atoms with E-state index in [0.717, 1.165) is 31.8 Å². The number of carbonyl (C=O) groups excluding carboxylic acids is 1. The Kier molecular flexibility index (Phi) is 7.04. The minimum atomic E-state index is -0.329. The quantitative estimate of drug-likeness (QED) is 0.237. The minimum Gasteiger partial charge on any atom is -0.383 e. The topological polar surface area (TPSA) is 106 Å². The van der Waals surface area contributed by atoms with Crippen LogP contribution in [0.1, 0.15) is 40.2 Å². The summed E-state index contributed by atoms with van der Waals surface area (Å²) in [7, 11) is 0. The van der Waals surface area contributed by atoms with Crippen molar-refractivity contribution >= 4 is 39.8 Å². The van der Waals surface area contributed by atoms with E-state index < -0.39 is 0 Å². The van der Waals surface area contributed by atoms with Crippen LogP contribution in [0.2, 0.25) is 0 Å². The van der Waals surface area contributed by atoms with Crippen LogP contribution in [-0.4, -0.2) is 20.9 Å². The van der Waals surface area contributed by atoms with Crippen LogP contribution in [0.25, 0.3) is 21.3 Å². The number of rotatable bonds is 8. The van der Waals surface area contributed by atoms with Crippen LogP contribution < -0.4 is 16.4 Å². The molecule has 0 aliphatic heterocycles. The predicted molar refractivity (Wildman–Crippen MR) is 146 cm³/mol. The number of nitrogens with one attached hydrogen (secondary N) is 2. The van der Waals surface area contributed by atoms with E-state index in [1.165, 1.54) is 18.5 Å². The Morgan fingerprint density at radius 1 is 1.05 bits per heavy atom. The van der Waals surface area contributed by atoms with Gasteiger partial charge in [0.1, 0.15) is 23.8 Å². The van der Waals surface area contributed by atoms with E-state index in [0.29, 0.717) is 30.2 Å². The number of halogens is 1. The van der Waals surface area contributed by atoms with Crippen molar-refractivity contribution in [3.8, 4) is 10.4 Å². The third-order valence-corrected chi connectivity index (χ3v) is 7.19. The van der Waals surface area contributed by atoms with Gasteiger partial charge in [-0.3, -0.25) is 4.79 Å². The molecule has 2 aromatic carbocycles. The fourth-order valence-electron chi connectivity index (χ4n) is 4.14. The number of thiophene rings is 1. The predicted octanol–water partition coefficient (Wildman–Crippen LogP) is 5.97. The second-order valence-corrected chi connectivity index (χ2v) is 9.67. The second kappa shape index (κ2) is 10.7. The number of aromatic nitrogens is 3. The van der Waals surface area contributed by atoms with Crippen LogP contribution in [0, 0.1) is 5.82 Å². The number of pyridine rings is 1. The van der Waals surface area contributed by atoms with Gasteiger partial charge in [0.25, 0.3) is 5.91 Å². The Morgan fingerprint density at radius 3 is 2.78 bits per heavy atom. The molecule has 7 nitrogen and oxygen atoms in total. The first-order valence-electron chi connectivity index (χ1n) is 11.9. The molecule has 3 aromatic heterocycles. The third kappa shape index (κ3) is 5.41. The van der Waals surface area contributed by atoms with Crippen LogP contribution in [-0.2, 0) is 6.54 Å². The number of benzene rings is 2. The molecule has 0 fully saturated rings. The summed E-state index contributed by atoms with van der Waals surface area (Å²) >= 11 is 1.64. The molecule has 1 atom stereocenters. The number of nitrogens with two attached hydrogens (primary N) is 1. The average Bonchev–Trinajstić information content (AvgIpc) is 3.40. The zero-order valence-electron chi connectivity index (χ0n) is 20.1. The number of nitrogens with zero attached hydrogens (tertiary/aromatic N) is 3. The molecule has 3 heterocycles. The summed E-state index contributed by atoms with van der Waals surface area (Å²) < 4.78 is 13.7. The number of carbonyl (C=O) groups is 1. The van der Waals surface area contributed by atoms with E-state index in [9.17, 15) is 9.18 Å². The number of hydrogen-bond acceptors (Lipinski definition) is 7. The average molecular weight is 513 g/mol. The summed E-state index contributed by atoms with van der Waals surface area (Å²) in [5.74, 6) is 0.341. The van der Waals surface area contributed by atoms with Crippen molar-refractivity contribution in [1.29, 1.82) is 0 Å². The molecule has 0 aliphatic rings. The maximum atomic E-state index is 13.7. The van der Waals surface area contributed by atoms with Crippen LogP contribution in [0.3, 0.4) is 0 Å². The van der Waals surface area contributed by atoms with Crippen molar-refractivity contribution in [2.45, 2.75) is 25.9 Å². The third-order valence-electron chi connectivity index (χ3n) is 6.06. The molecular formula is C28H25FN6OS. The number of hydrogen-bond donors (Lipinski definition) is 3. The first kappa shape index (κ1) is 24.3. The first-order valence-corrected chi connectivity index (χ1v) is 12.7. The van der Waals surface area contributed by atoms with Gasteiger partial charge in [-0.15, -0.1) is 11.3 Å². The summed E-state index contributed by atoms with van der Waals surface area (Å²) in [6.07, 6.45) is 3.73. The molecule has 0 saturated heterocycles. The van der Waals surface area contributed by atoms with Gasteiger partial charge in [-0.1, -0.05) is 25.1 Å². The number of fused-ring (bicyclic) bond motifs is 1. The van der Waals surface area contributed by atoms with E-state index in [1.807, 2.05) is 37.3 Å². The molecule has 0 bridgehead atoms. The summed E-state index contributed by atoms with van der Waals surface area (Å²) in [6.45, 7) is 2.45. The lowest BCUT2D eigenvalue weighted by Crippen LogP contribution is -2.29. The van der Waals surface area contributed by atoms with Crippen LogP contribution in [0.15, 0.2) is 79.3 Å². The maximum Gasteiger partial charge on any atom is 0.255 e. The molecule has 0 aliphatic carbocycles. The first-order chi connectivity index (χ1) is 18.0. The second-order valence-electron chi connectivity index (χ2n) is 8.50. The lowest BCUT2D eigenvalue weighted by molar-refractivity contribution is 0.0936. The highest BCUT2D eigenvalue weighted by Gasteiger charge is 2.18. The molecule has 5 aromatic rings. The van der Waals surface area contributed by atoms with Gasteiger partial charge in [0.15, 0.2) is 0 Å². The largest absolute Gasteiger partial charge is 0.383 e. The van der Waals surface area contributed by atoms with Crippen molar-refractivity contribution in [1.82, 2.24) is 20.3 Å². The molecule has 37 heavy (non-hydrogen) atoms. The van der Waals surface area contributed by atoms with Crippen LogP contribution >= 0.6 is 11.3 Å². The number of amides is 1. The summed E-state index contributed by atoms with van der Waals surface area (Å²) in [5, 5.41) is 7.12. The molecule has 1 amide bonds. The Labute approximate surface area is 217 Å². The molecule has 5 rings (SSSR count). The molecule has 0 spiro atoms. The van der Waals surface area contributed by atoms with E-state index in [1.54, 1.807) is 35.7 Å². The van der Waals surface area contributed by atoms with Gasteiger partial charge in [0.2, 0.25) is 0 Å². The number of anilines is 2. The zero-order valence-corrected chi connectivity index (χ0v) is 20.9. The number of nitrogen functional groups attached to an aromatic ring is 1. The monoisotopic (exact) mass is 512 g/mol. The summed E-state index contributed by atoms with van der Waals surface area (Å²) in [4.78, 5) is 28.0. The Bertz CT molecular complexity index is 1570. The minimum absolute atomic E-state index is 0.269. The van der Waals surface area contributed by atoms with Gasteiger partial charge in [-0.2, -0.15) is 0 Å². The normalized spacial score (nSPS) is 11.8. The van der Waals surface area contributed by atoms with E-state index >= 15 is 0 Å². The highest BCUT2D eigenvalue weighted by atomic mass is 32.1. The van der Waals surface area contributed by atoms with Gasteiger partial charge < -0.3 is 16.4 Å². The van der Waals surface area contributed by atoms with Crippen molar-refractivity contribution in [2.75, 3.05) is 11.1 Å². The molecule has 0 radical (unpaired) electrons. The Hall–Kier alpha value is -4.37. The van der Waals surface area contributed by atoms with Gasteiger partial charge in [-0.25, -0.2) is 19.3 Å². The lowest BCUT2D eigenvalue weighted by Gasteiger charge is -2.18.